The first kappa shape index (κ1) is 14.3. The van der Waals surface area contributed by atoms with Crippen LogP contribution in [0, 0.1) is 0 Å². The first-order valence-corrected chi connectivity index (χ1v) is 8.07. The average Bonchev–Trinajstić information content (AvgIpc) is 3.15. The van der Waals surface area contributed by atoms with Gasteiger partial charge in [0.1, 0.15) is 0 Å². The summed E-state index contributed by atoms with van der Waals surface area (Å²) in [5, 5.41) is 3.59. The van der Waals surface area contributed by atoms with Gasteiger partial charge in [0.05, 0.1) is 24.9 Å². The zero-order valence-electron chi connectivity index (χ0n) is 12.7. The van der Waals surface area contributed by atoms with E-state index in [1.165, 1.54) is 0 Å². The van der Waals surface area contributed by atoms with Gasteiger partial charge in [-0.25, -0.2) is 0 Å². The zero-order chi connectivity index (χ0) is 14.2. The minimum Gasteiger partial charge on any atom is -0.379 e. The molecule has 1 spiro atoms. The van der Waals surface area contributed by atoms with E-state index >= 15 is 0 Å². The Bertz CT molecular complexity index is 364. The van der Waals surface area contributed by atoms with E-state index in [0.29, 0.717) is 5.91 Å². The largest absolute Gasteiger partial charge is 0.379 e. The van der Waals surface area contributed by atoms with Crippen molar-refractivity contribution in [1.82, 2.24) is 15.1 Å². The van der Waals surface area contributed by atoms with Crippen molar-refractivity contribution in [3.63, 3.8) is 0 Å². The van der Waals surface area contributed by atoms with Crippen molar-refractivity contribution in [3.05, 3.63) is 0 Å². The highest BCUT2D eigenvalue weighted by molar-refractivity contribution is 5.92. The third-order valence-electron chi connectivity index (χ3n) is 4.84. The van der Waals surface area contributed by atoms with Crippen molar-refractivity contribution >= 4 is 5.91 Å². The number of carbonyl (C=O) groups excluding carboxylic acids is 1. The molecule has 3 aliphatic rings. The number of carbonyl (C=O) groups is 1. The van der Waals surface area contributed by atoms with Crippen LogP contribution in [0.2, 0.25) is 0 Å². The molecule has 114 valence electrons. The van der Waals surface area contributed by atoms with Crippen molar-refractivity contribution in [2.24, 2.45) is 0 Å². The van der Waals surface area contributed by atoms with Crippen LogP contribution in [0.1, 0.15) is 39.5 Å². The Morgan fingerprint density at radius 1 is 1.40 bits per heavy atom. The highest BCUT2D eigenvalue weighted by atomic mass is 16.5. The van der Waals surface area contributed by atoms with Crippen LogP contribution in [0.15, 0.2) is 0 Å². The molecule has 0 aromatic heterocycles. The second-order valence-corrected chi connectivity index (χ2v) is 6.51. The van der Waals surface area contributed by atoms with Gasteiger partial charge in [-0.2, -0.15) is 0 Å². The Hall–Kier alpha value is -0.650. The summed E-state index contributed by atoms with van der Waals surface area (Å²) in [5.41, 5.74) is -0.181. The van der Waals surface area contributed by atoms with Crippen molar-refractivity contribution < 1.29 is 9.53 Å². The van der Waals surface area contributed by atoms with E-state index in [9.17, 15) is 4.79 Å². The lowest BCUT2D eigenvalue weighted by Crippen LogP contribution is -2.50. The summed E-state index contributed by atoms with van der Waals surface area (Å²) >= 11 is 0. The summed E-state index contributed by atoms with van der Waals surface area (Å²) in [5.74, 6) is 0.344. The first-order valence-electron chi connectivity index (χ1n) is 8.07. The van der Waals surface area contributed by atoms with E-state index in [1.807, 2.05) is 0 Å². The van der Waals surface area contributed by atoms with Gasteiger partial charge in [0.15, 0.2) is 0 Å². The maximum Gasteiger partial charge on any atom is 0.244 e. The fraction of sp³-hybridized carbons (Fsp3) is 0.933. The second-order valence-electron chi connectivity index (χ2n) is 6.51. The van der Waals surface area contributed by atoms with Crippen molar-refractivity contribution in [3.8, 4) is 0 Å². The van der Waals surface area contributed by atoms with Crippen LogP contribution in [0.5, 0.6) is 0 Å². The molecule has 3 rings (SSSR count). The highest BCUT2D eigenvalue weighted by Gasteiger charge is 2.59. The van der Waals surface area contributed by atoms with Gasteiger partial charge in [-0.3, -0.25) is 15.0 Å². The number of hydrogen-bond donors (Lipinski definition) is 1. The Morgan fingerprint density at radius 2 is 2.10 bits per heavy atom. The lowest BCUT2D eigenvalue weighted by molar-refractivity contribution is -0.133. The number of amides is 1. The molecule has 3 fully saturated rings. The summed E-state index contributed by atoms with van der Waals surface area (Å²) in [6.07, 6.45) is 4.45. The SMILES string of the molecule is CCCC1NC2(CC2)C(=O)N1C(C)CN1CCOCC1. The number of hydrogen-bond acceptors (Lipinski definition) is 4. The molecule has 2 aliphatic heterocycles. The third-order valence-corrected chi connectivity index (χ3v) is 4.84. The molecule has 1 aliphatic carbocycles. The molecule has 20 heavy (non-hydrogen) atoms. The Kier molecular flexibility index (Phi) is 4.02. The van der Waals surface area contributed by atoms with Crippen LogP contribution in [0.25, 0.3) is 0 Å². The second kappa shape index (κ2) is 5.62. The molecular weight excluding hydrogens is 254 g/mol. The van der Waals surface area contributed by atoms with Crippen molar-refractivity contribution in [2.75, 3.05) is 32.8 Å². The van der Waals surface area contributed by atoms with Crippen molar-refractivity contribution in [2.45, 2.75) is 57.3 Å². The van der Waals surface area contributed by atoms with Crippen LogP contribution >= 0.6 is 0 Å². The molecule has 1 N–H and O–H groups in total. The van der Waals surface area contributed by atoms with Gasteiger partial charge >= 0.3 is 0 Å². The van der Waals surface area contributed by atoms with Crippen LogP contribution in [0.4, 0.5) is 0 Å². The van der Waals surface area contributed by atoms with Gasteiger partial charge in [0.2, 0.25) is 5.91 Å². The summed E-state index contributed by atoms with van der Waals surface area (Å²) in [7, 11) is 0. The van der Waals surface area contributed by atoms with Crippen LogP contribution in [0.3, 0.4) is 0 Å². The number of nitrogens with zero attached hydrogens (tertiary/aromatic N) is 2. The molecule has 0 radical (unpaired) electrons. The number of nitrogens with one attached hydrogen (secondary N) is 1. The zero-order valence-corrected chi connectivity index (χ0v) is 12.7. The molecule has 1 saturated carbocycles. The lowest BCUT2D eigenvalue weighted by Gasteiger charge is -2.35. The van der Waals surface area contributed by atoms with E-state index in [0.717, 1.165) is 58.5 Å². The van der Waals surface area contributed by atoms with Gasteiger partial charge < -0.3 is 9.64 Å². The number of morpholine rings is 1. The van der Waals surface area contributed by atoms with Gasteiger partial charge in [-0.15, -0.1) is 0 Å². The summed E-state index contributed by atoms with van der Waals surface area (Å²) < 4.78 is 5.40. The van der Waals surface area contributed by atoms with E-state index in [4.69, 9.17) is 4.74 Å². The number of rotatable bonds is 5. The molecule has 2 heterocycles. The monoisotopic (exact) mass is 281 g/mol. The van der Waals surface area contributed by atoms with Gasteiger partial charge in [0.25, 0.3) is 0 Å². The maximum atomic E-state index is 12.7. The summed E-state index contributed by atoms with van der Waals surface area (Å²) in [6, 6.07) is 0.282. The maximum absolute atomic E-state index is 12.7. The van der Waals surface area contributed by atoms with E-state index in [1.54, 1.807) is 0 Å². The smallest absolute Gasteiger partial charge is 0.244 e. The Balaban J connectivity index is 1.64. The van der Waals surface area contributed by atoms with Gasteiger partial charge in [0, 0.05) is 25.7 Å². The molecular formula is C15H27N3O2. The standard InChI is InChI=1S/C15H27N3O2/c1-3-4-13-16-15(5-6-15)14(19)18(13)12(2)11-17-7-9-20-10-8-17/h12-13,16H,3-11H2,1-2H3. The van der Waals surface area contributed by atoms with E-state index in [-0.39, 0.29) is 17.7 Å². The minimum atomic E-state index is -0.181. The normalized spacial score (nSPS) is 31.0. The fourth-order valence-electron chi connectivity index (χ4n) is 3.56. The third kappa shape index (κ3) is 2.59. The quantitative estimate of drug-likeness (QED) is 0.809. The van der Waals surface area contributed by atoms with E-state index < -0.39 is 0 Å². The van der Waals surface area contributed by atoms with Crippen molar-refractivity contribution in [1.29, 1.82) is 0 Å². The Morgan fingerprint density at radius 3 is 2.70 bits per heavy atom. The molecule has 5 nitrogen and oxygen atoms in total. The molecule has 0 aromatic carbocycles. The predicted octanol–water partition coefficient (Wildman–Crippen LogP) is 0.798. The molecule has 1 amide bonds. The predicted molar refractivity (Wildman–Crippen MR) is 77.4 cm³/mol. The molecule has 0 bridgehead atoms. The molecule has 5 heteroatoms. The topological polar surface area (TPSA) is 44.8 Å². The van der Waals surface area contributed by atoms with E-state index in [2.05, 4.69) is 29.0 Å². The molecule has 2 atom stereocenters. The summed E-state index contributed by atoms with van der Waals surface area (Å²) in [6.45, 7) is 8.97. The minimum absolute atomic E-state index is 0.181. The summed E-state index contributed by atoms with van der Waals surface area (Å²) in [4.78, 5) is 17.2. The Labute approximate surface area is 121 Å². The van der Waals surface area contributed by atoms with Crippen LogP contribution in [-0.4, -0.2) is 66.3 Å². The van der Waals surface area contributed by atoms with Crippen LogP contribution in [-0.2, 0) is 9.53 Å². The lowest BCUT2D eigenvalue weighted by atomic mass is 10.2. The van der Waals surface area contributed by atoms with Crippen LogP contribution < -0.4 is 5.32 Å². The first-order chi connectivity index (χ1) is 9.66. The van der Waals surface area contributed by atoms with Gasteiger partial charge in [-0.05, 0) is 26.2 Å². The average molecular weight is 281 g/mol. The number of ether oxygens (including phenoxy) is 1. The van der Waals surface area contributed by atoms with Gasteiger partial charge in [-0.1, -0.05) is 13.3 Å². The highest BCUT2D eigenvalue weighted by Crippen LogP contribution is 2.43. The molecule has 0 aromatic rings. The fourth-order valence-corrected chi connectivity index (χ4v) is 3.56. The molecule has 2 saturated heterocycles. The molecule has 2 unspecified atom stereocenters.